The summed E-state index contributed by atoms with van der Waals surface area (Å²) in [5, 5.41) is 4.15. The summed E-state index contributed by atoms with van der Waals surface area (Å²) in [7, 11) is 3.72. The fourth-order valence-electron chi connectivity index (χ4n) is 3.46. The molecule has 2 atom stereocenters. The number of nitrogens with zero attached hydrogens (tertiary/aromatic N) is 3. The van der Waals surface area contributed by atoms with Crippen molar-refractivity contribution >= 4 is 23.0 Å². The third-order valence-corrected chi connectivity index (χ3v) is 5.05. The number of nitrogens with one attached hydrogen (secondary N) is 1. The van der Waals surface area contributed by atoms with E-state index in [1.54, 1.807) is 7.11 Å². The molecule has 1 aromatic carbocycles. The van der Waals surface area contributed by atoms with E-state index in [0.29, 0.717) is 5.11 Å². The number of ether oxygens (including phenoxy) is 1. The molecular weight excluding hydrogens is 344 g/mol. The van der Waals surface area contributed by atoms with E-state index in [-0.39, 0.29) is 12.1 Å². The Morgan fingerprint density at radius 1 is 1.08 bits per heavy atom. The smallest absolute Gasteiger partial charge is 0.174 e. The Balaban J connectivity index is 1.81. The monoisotopic (exact) mass is 364 g/mol. The summed E-state index contributed by atoms with van der Waals surface area (Å²) in [5.74, 6) is 0.823. The van der Waals surface area contributed by atoms with E-state index in [0.717, 1.165) is 17.1 Å². The van der Waals surface area contributed by atoms with Crippen molar-refractivity contribution in [3.05, 3.63) is 78.4 Å². The van der Waals surface area contributed by atoms with E-state index in [4.69, 9.17) is 17.0 Å². The normalized spacial score (nSPS) is 19.5. The molecule has 4 rings (SSSR count). The lowest BCUT2D eigenvalue weighted by Crippen LogP contribution is -2.30. The van der Waals surface area contributed by atoms with E-state index in [1.165, 1.54) is 5.69 Å². The van der Waals surface area contributed by atoms with Crippen molar-refractivity contribution in [1.29, 1.82) is 0 Å². The number of rotatable bonds is 4. The molecule has 0 spiro atoms. The second-order valence-electron chi connectivity index (χ2n) is 6.24. The van der Waals surface area contributed by atoms with E-state index >= 15 is 0 Å². The summed E-state index contributed by atoms with van der Waals surface area (Å²) in [6, 6.07) is 18.1. The van der Waals surface area contributed by atoms with Crippen LogP contribution in [0.5, 0.6) is 5.75 Å². The second kappa shape index (κ2) is 6.80. The molecule has 0 amide bonds. The first kappa shape index (κ1) is 16.6. The maximum absolute atomic E-state index is 5.70. The van der Waals surface area contributed by atoms with Gasteiger partial charge in [-0.1, -0.05) is 6.07 Å². The maximum atomic E-state index is 5.70. The van der Waals surface area contributed by atoms with Gasteiger partial charge in [0, 0.05) is 30.8 Å². The van der Waals surface area contributed by atoms with Gasteiger partial charge in [0.05, 0.1) is 18.8 Å². The molecule has 1 aliphatic heterocycles. The van der Waals surface area contributed by atoms with Crippen LogP contribution in [0.3, 0.4) is 0 Å². The molecule has 0 bridgehead atoms. The first-order valence-electron chi connectivity index (χ1n) is 8.45. The number of thiocarbonyl (C=S) groups is 1. The van der Waals surface area contributed by atoms with Crippen LogP contribution < -0.4 is 15.0 Å². The average molecular weight is 364 g/mol. The topological polar surface area (TPSA) is 42.3 Å². The molecule has 26 heavy (non-hydrogen) atoms. The average Bonchev–Trinajstić information content (AvgIpc) is 3.25. The zero-order valence-electron chi connectivity index (χ0n) is 14.7. The summed E-state index contributed by atoms with van der Waals surface area (Å²) in [6.45, 7) is 0. The van der Waals surface area contributed by atoms with Gasteiger partial charge in [-0.3, -0.25) is 4.98 Å². The highest BCUT2D eigenvalue weighted by atomic mass is 32.1. The first-order valence-corrected chi connectivity index (χ1v) is 8.86. The van der Waals surface area contributed by atoms with Crippen LogP contribution in [-0.2, 0) is 7.05 Å². The van der Waals surface area contributed by atoms with Crippen molar-refractivity contribution in [2.24, 2.45) is 7.05 Å². The Labute approximate surface area is 158 Å². The van der Waals surface area contributed by atoms with Gasteiger partial charge in [-0.25, -0.2) is 0 Å². The molecule has 5 nitrogen and oxygen atoms in total. The highest BCUT2D eigenvalue weighted by Crippen LogP contribution is 2.41. The molecule has 3 aromatic rings. The molecule has 6 heteroatoms. The zero-order chi connectivity index (χ0) is 18.1. The van der Waals surface area contributed by atoms with Gasteiger partial charge in [0.25, 0.3) is 0 Å². The third-order valence-electron chi connectivity index (χ3n) is 4.74. The van der Waals surface area contributed by atoms with Gasteiger partial charge in [-0.2, -0.15) is 0 Å². The van der Waals surface area contributed by atoms with E-state index in [9.17, 15) is 0 Å². The molecule has 0 saturated carbocycles. The van der Waals surface area contributed by atoms with Gasteiger partial charge in [-0.15, -0.1) is 0 Å². The second-order valence-corrected chi connectivity index (χ2v) is 6.63. The number of hydrogen-bond donors (Lipinski definition) is 1. The lowest BCUT2D eigenvalue weighted by molar-refractivity contribution is 0.415. The Bertz CT molecular complexity index is 907. The zero-order valence-corrected chi connectivity index (χ0v) is 15.5. The van der Waals surface area contributed by atoms with Crippen LogP contribution in [-0.4, -0.2) is 21.8 Å². The molecule has 1 saturated heterocycles. The molecular formula is C20H20N4OS. The standard InChI is InChI=1S/C20H20N4OS/c1-23-13-5-7-17(23)19-18(16-6-3-4-12-21-16)22-20(26)24(19)14-8-10-15(25-2)11-9-14/h3-13,18-19H,1-2H3,(H,22,26). The number of anilines is 1. The van der Waals surface area contributed by atoms with Crippen LogP contribution >= 0.6 is 12.2 Å². The summed E-state index contributed by atoms with van der Waals surface area (Å²) in [6.07, 6.45) is 3.87. The highest BCUT2D eigenvalue weighted by molar-refractivity contribution is 7.80. The Morgan fingerprint density at radius 2 is 1.88 bits per heavy atom. The molecule has 1 N–H and O–H groups in total. The number of aromatic nitrogens is 2. The van der Waals surface area contributed by atoms with E-state index in [1.807, 2.05) is 48.7 Å². The summed E-state index contributed by atoms with van der Waals surface area (Å²) in [5.41, 5.74) is 3.16. The summed E-state index contributed by atoms with van der Waals surface area (Å²) < 4.78 is 7.42. The van der Waals surface area contributed by atoms with Gasteiger partial charge in [0.2, 0.25) is 0 Å². The summed E-state index contributed by atoms with van der Waals surface area (Å²) in [4.78, 5) is 6.72. The van der Waals surface area contributed by atoms with Crippen molar-refractivity contribution in [3.8, 4) is 5.75 Å². The predicted octanol–water partition coefficient (Wildman–Crippen LogP) is 3.61. The van der Waals surface area contributed by atoms with Crippen LogP contribution in [0.15, 0.2) is 67.0 Å². The number of hydrogen-bond acceptors (Lipinski definition) is 3. The minimum atomic E-state index is -0.0283. The van der Waals surface area contributed by atoms with Gasteiger partial charge in [-0.05, 0) is 60.7 Å². The van der Waals surface area contributed by atoms with E-state index in [2.05, 4.69) is 45.1 Å². The van der Waals surface area contributed by atoms with Crippen LogP contribution in [0.1, 0.15) is 23.5 Å². The van der Waals surface area contributed by atoms with Crippen LogP contribution in [0.25, 0.3) is 0 Å². The Kier molecular flexibility index (Phi) is 4.34. The van der Waals surface area contributed by atoms with Crippen LogP contribution in [0.4, 0.5) is 5.69 Å². The Hall–Kier alpha value is -2.86. The number of methoxy groups -OCH3 is 1. The molecule has 2 unspecified atom stereocenters. The molecule has 0 aliphatic carbocycles. The van der Waals surface area contributed by atoms with Gasteiger partial charge in [0.1, 0.15) is 11.8 Å². The van der Waals surface area contributed by atoms with Crippen molar-refractivity contribution in [3.63, 3.8) is 0 Å². The molecule has 0 radical (unpaired) electrons. The minimum absolute atomic E-state index is 0.00537. The quantitative estimate of drug-likeness (QED) is 0.717. The van der Waals surface area contributed by atoms with Crippen LogP contribution in [0.2, 0.25) is 0 Å². The number of pyridine rings is 1. The van der Waals surface area contributed by atoms with Crippen molar-refractivity contribution < 1.29 is 4.74 Å². The number of benzene rings is 1. The van der Waals surface area contributed by atoms with Crippen molar-refractivity contribution in [1.82, 2.24) is 14.9 Å². The lowest BCUT2D eigenvalue weighted by atomic mass is 10.0. The van der Waals surface area contributed by atoms with Gasteiger partial charge >= 0.3 is 0 Å². The molecule has 3 heterocycles. The van der Waals surface area contributed by atoms with Gasteiger partial charge in [0.15, 0.2) is 5.11 Å². The lowest BCUT2D eigenvalue weighted by Gasteiger charge is -2.28. The summed E-state index contributed by atoms with van der Waals surface area (Å²) >= 11 is 5.70. The minimum Gasteiger partial charge on any atom is -0.497 e. The predicted molar refractivity (Wildman–Crippen MR) is 106 cm³/mol. The van der Waals surface area contributed by atoms with E-state index < -0.39 is 0 Å². The molecule has 1 aliphatic rings. The molecule has 1 fully saturated rings. The van der Waals surface area contributed by atoms with Gasteiger partial charge < -0.3 is 19.5 Å². The maximum Gasteiger partial charge on any atom is 0.174 e. The molecule has 132 valence electrons. The number of aryl methyl sites for hydroxylation is 1. The molecule has 2 aromatic heterocycles. The SMILES string of the molecule is COc1ccc(N2C(=S)NC(c3ccccn3)C2c2cccn2C)cc1. The first-order chi connectivity index (χ1) is 12.7. The highest BCUT2D eigenvalue weighted by Gasteiger charge is 2.41. The Morgan fingerprint density at radius 3 is 2.50 bits per heavy atom. The fourth-order valence-corrected chi connectivity index (χ4v) is 3.80. The van der Waals surface area contributed by atoms with Crippen molar-refractivity contribution in [2.45, 2.75) is 12.1 Å². The largest absolute Gasteiger partial charge is 0.497 e. The third kappa shape index (κ3) is 2.82. The van der Waals surface area contributed by atoms with Crippen LogP contribution in [0, 0.1) is 0 Å². The van der Waals surface area contributed by atoms with Crippen molar-refractivity contribution in [2.75, 3.05) is 12.0 Å². The fraction of sp³-hybridized carbons (Fsp3) is 0.200.